The van der Waals surface area contributed by atoms with E-state index in [2.05, 4.69) is 0 Å². The quantitative estimate of drug-likeness (QED) is 0.398. The van der Waals surface area contributed by atoms with Crippen LogP contribution in [-0.2, 0) is 9.53 Å². The Bertz CT molecular complexity index is 162. The van der Waals surface area contributed by atoms with E-state index in [-0.39, 0.29) is 5.38 Å². The van der Waals surface area contributed by atoms with Crippen LogP contribution in [0.3, 0.4) is 0 Å². The van der Waals surface area contributed by atoms with Gasteiger partial charge in [-0.15, -0.1) is 11.6 Å². The molecule has 0 N–H and O–H groups in total. The minimum Gasteiger partial charge on any atom is -0.464 e. The molecule has 0 saturated carbocycles. The van der Waals surface area contributed by atoms with Crippen LogP contribution in [0.5, 0.6) is 0 Å². The van der Waals surface area contributed by atoms with Crippen LogP contribution in [0, 0.1) is 0 Å². The van der Waals surface area contributed by atoms with Crippen LogP contribution in [0.25, 0.3) is 0 Å². The summed E-state index contributed by atoms with van der Waals surface area (Å²) >= 11 is 16.5. The Kier molecular flexibility index (Phi) is 8.84. The lowest BCUT2D eigenvalue weighted by Crippen LogP contribution is -2.13. The van der Waals surface area contributed by atoms with Crippen molar-refractivity contribution in [1.29, 1.82) is 0 Å². The number of hydrogen-bond donors (Lipinski definition) is 0. The van der Waals surface area contributed by atoms with Gasteiger partial charge in [0.1, 0.15) is 0 Å². The highest BCUT2D eigenvalue weighted by atomic mass is 35.5. The predicted molar refractivity (Wildman–Crippen MR) is 60.2 cm³/mol. The Balaban J connectivity index is 3.26. The van der Waals surface area contributed by atoms with Crippen LogP contribution in [0.15, 0.2) is 0 Å². The molecule has 0 rings (SSSR count). The molecule has 0 aliphatic rings. The van der Waals surface area contributed by atoms with Crippen molar-refractivity contribution in [2.45, 2.75) is 42.8 Å². The van der Waals surface area contributed by atoms with Gasteiger partial charge in [-0.2, -0.15) is 0 Å². The van der Waals surface area contributed by atoms with Gasteiger partial charge in [0.25, 0.3) is 0 Å². The summed E-state index contributed by atoms with van der Waals surface area (Å²) in [5.41, 5.74) is 0. The van der Waals surface area contributed by atoms with E-state index < -0.39 is 10.8 Å². The van der Waals surface area contributed by atoms with Gasteiger partial charge in [0, 0.05) is 5.38 Å². The van der Waals surface area contributed by atoms with Crippen molar-refractivity contribution in [2.24, 2.45) is 0 Å². The number of carbonyl (C=O) groups excluding carboxylic acids is 1. The molecule has 0 radical (unpaired) electrons. The van der Waals surface area contributed by atoms with Crippen molar-refractivity contribution in [3.05, 3.63) is 0 Å². The van der Waals surface area contributed by atoms with Crippen molar-refractivity contribution < 1.29 is 9.53 Å². The summed E-state index contributed by atoms with van der Waals surface area (Å²) in [4.78, 5) is 9.71. The molecule has 0 spiro atoms. The van der Waals surface area contributed by atoms with Gasteiger partial charge in [-0.25, -0.2) is 4.79 Å². The topological polar surface area (TPSA) is 26.3 Å². The molecule has 2 nitrogen and oxygen atoms in total. The second-order valence-corrected chi connectivity index (χ2v) is 4.68. The van der Waals surface area contributed by atoms with E-state index in [1.807, 2.05) is 6.92 Å². The van der Waals surface area contributed by atoms with Gasteiger partial charge in [0.05, 0.1) is 6.61 Å². The number of hydrogen-bond acceptors (Lipinski definition) is 2. The van der Waals surface area contributed by atoms with Crippen LogP contribution in [0.1, 0.15) is 32.6 Å². The molecule has 1 unspecified atom stereocenters. The van der Waals surface area contributed by atoms with Gasteiger partial charge in [-0.1, -0.05) is 30.1 Å². The number of rotatable bonds is 7. The molecule has 1 atom stereocenters. The largest absolute Gasteiger partial charge is 0.464 e. The fourth-order valence-electron chi connectivity index (χ4n) is 0.908. The molecule has 5 heteroatoms. The molecule has 0 fully saturated rings. The second kappa shape index (κ2) is 8.63. The minimum absolute atomic E-state index is 0.222. The van der Waals surface area contributed by atoms with Crippen molar-refractivity contribution in [3.8, 4) is 0 Å². The Labute approximate surface area is 99.8 Å². The zero-order valence-electron chi connectivity index (χ0n) is 8.14. The van der Waals surface area contributed by atoms with Crippen LogP contribution in [-0.4, -0.2) is 22.8 Å². The zero-order chi connectivity index (χ0) is 11.0. The second-order valence-electron chi connectivity index (χ2n) is 2.97. The average Bonchev–Trinajstić information content (AvgIpc) is 2.16. The summed E-state index contributed by atoms with van der Waals surface area (Å²) in [6, 6.07) is 0. The number of unbranched alkanes of at least 4 members (excludes halogenated alkanes) is 1. The molecule has 0 heterocycles. The van der Waals surface area contributed by atoms with Gasteiger partial charge in [0.2, 0.25) is 4.84 Å². The summed E-state index contributed by atoms with van der Waals surface area (Å²) in [7, 11) is 0. The van der Waals surface area contributed by atoms with Gasteiger partial charge in [-0.05, 0) is 25.7 Å². The third-order valence-corrected chi connectivity index (χ3v) is 2.66. The maximum absolute atomic E-state index is 10.8. The summed E-state index contributed by atoms with van der Waals surface area (Å²) in [5.74, 6) is -0.578. The first kappa shape index (κ1) is 14.3. The van der Waals surface area contributed by atoms with Crippen LogP contribution in [0.4, 0.5) is 0 Å². The van der Waals surface area contributed by atoms with E-state index in [1.165, 1.54) is 0 Å². The fourth-order valence-corrected chi connectivity index (χ4v) is 1.19. The van der Waals surface area contributed by atoms with Crippen LogP contribution >= 0.6 is 34.8 Å². The maximum Gasteiger partial charge on any atom is 0.339 e. The Morgan fingerprint density at radius 2 is 1.93 bits per heavy atom. The molecule has 0 bridgehead atoms. The van der Waals surface area contributed by atoms with Crippen LogP contribution in [0.2, 0.25) is 0 Å². The molecular weight excluding hydrogens is 246 g/mol. The highest BCUT2D eigenvalue weighted by Gasteiger charge is 2.12. The zero-order valence-corrected chi connectivity index (χ0v) is 10.4. The van der Waals surface area contributed by atoms with Crippen molar-refractivity contribution in [2.75, 3.05) is 6.61 Å². The molecule has 0 saturated heterocycles. The standard InChI is InChI=1S/C9H15Cl3O2/c1-2-7(10)5-3-4-6-14-9(13)8(11)12/h7-8H,2-6H2,1H3. The highest BCUT2D eigenvalue weighted by molar-refractivity contribution is 6.52. The first-order valence-electron chi connectivity index (χ1n) is 4.66. The molecular formula is C9H15Cl3O2. The molecule has 14 heavy (non-hydrogen) atoms. The van der Waals surface area contributed by atoms with E-state index in [0.717, 1.165) is 25.7 Å². The van der Waals surface area contributed by atoms with E-state index in [9.17, 15) is 4.79 Å². The summed E-state index contributed by atoms with van der Waals surface area (Å²) in [6.07, 6.45) is 3.66. The SMILES string of the molecule is CCC(Cl)CCCCOC(=O)C(Cl)Cl. The van der Waals surface area contributed by atoms with Crippen molar-refractivity contribution >= 4 is 40.8 Å². The summed E-state index contributed by atoms with van der Waals surface area (Å²) < 4.78 is 4.77. The predicted octanol–water partition coefficient (Wildman–Crippen LogP) is 3.52. The number of ether oxygens (including phenoxy) is 1. The molecule has 0 aliphatic heterocycles. The third kappa shape index (κ3) is 7.72. The first-order valence-corrected chi connectivity index (χ1v) is 5.97. The summed E-state index contributed by atoms with van der Waals surface area (Å²) in [6.45, 7) is 2.41. The highest BCUT2D eigenvalue weighted by Crippen LogP contribution is 2.11. The van der Waals surface area contributed by atoms with Gasteiger partial charge >= 0.3 is 5.97 Å². The lowest BCUT2D eigenvalue weighted by atomic mass is 10.1. The molecule has 0 aromatic rings. The van der Waals surface area contributed by atoms with Gasteiger partial charge in [0.15, 0.2) is 0 Å². The van der Waals surface area contributed by atoms with Gasteiger partial charge in [-0.3, -0.25) is 0 Å². The lowest BCUT2D eigenvalue weighted by molar-refractivity contribution is -0.141. The van der Waals surface area contributed by atoms with E-state index >= 15 is 0 Å². The normalized spacial score (nSPS) is 12.9. The Hall–Kier alpha value is 0.340. The molecule has 0 amide bonds. The number of alkyl halides is 3. The number of carbonyl (C=O) groups is 1. The molecule has 0 aliphatic carbocycles. The summed E-state index contributed by atoms with van der Waals surface area (Å²) in [5, 5.41) is 0.222. The molecule has 0 aromatic heterocycles. The molecule has 84 valence electrons. The Morgan fingerprint density at radius 1 is 1.29 bits per heavy atom. The minimum atomic E-state index is -1.08. The number of halogens is 3. The lowest BCUT2D eigenvalue weighted by Gasteiger charge is -2.06. The maximum atomic E-state index is 10.8. The molecule has 0 aromatic carbocycles. The fraction of sp³-hybridized carbons (Fsp3) is 0.889. The van der Waals surface area contributed by atoms with Gasteiger partial charge < -0.3 is 4.74 Å². The van der Waals surface area contributed by atoms with E-state index in [0.29, 0.717) is 6.61 Å². The van der Waals surface area contributed by atoms with E-state index in [1.54, 1.807) is 0 Å². The Morgan fingerprint density at radius 3 is 2.43 bits per heavy atom. The average molecular weight is 262 g/mol. The van der Waals surface area contributed by atoms with Crippen LogP contribution < -0.4 is 0 Å². The number of esters is 1. The monoisotopic (exact) mass is 260 g/mol. The van der Waals surface area contributed by atoms with Crippen molar-refractivity contribution in [3.63, 3.8) is 0 Å². The first-order chi connectivity index (χ1) is 6.57. The van der Waals surface area contributed by atoms with E-state index in [4.69, 9.17) is 39.5 Å². The smallest absolute Gasteiger partial charge is 0.339 e. The third-order valence-electron chi connectivity index (χ3n) is 1.78. The van der Waals surface area contributed by atoms with Crippen molar-refractivity contribution in [1.82, 2.24) is 0 Å².